The number of nitrogens with zero attached hydrogens (tertiary/aromatic N) is 2. The van der Waals surface area contributed by atoms with Crippen LogP contribution in [0.2, 0.25) is 0 Å². The number of alkyl halides is 3. The quantitative estimate of drug-likeness (QED) is 0.380. The Balaban J connectivity index is 0.000000207. The monoisotopic (exact) mass is 343 g/mol. The van der Waals surface area contributed by atoms with Crippen molar-refractivity contribution in [2.45, 2.75) is 5.51 Å². The van der Waals surface area contributed by atoms with E-state index in [1.165, 1.54) is 5.39 Å². The third-order valence-electron chi connectivity index (χ3n) is 2.89. The van der Waals surface area contributed by atoms with Gasteiger partial charge in [0.25, 0.3) is 0 Å². The van der Waals surface area contributed by atoms with E-state index in [9.17, 15) is 13.2 Å². The van der Waals surface area contributed by atoms with Crippen molar-refractivity contribution in [3.8, 4) is 0 Å². The summed E-state index contributed by atoms with van der Waals surface area (Å²) >= 11 is 0. The summed E-state index contributed by atoms with van der Waals surface area (Å²) in [6.07, 6.45) is 0. The van der Waals surface area contributed by atoms with Crippen molar-refractivity contribution in [3.05, 3.63) is 47.4 Å². The standard InChI is InChI=1S/C12H8N3.CHF3O3S/c13-15-8-5-6-10-9-3-1-2-4-11(9)14-12(10)7-8;2-1(3,4)8(5,6)7/h1-7,14H;(H,5,6,7)/q+1;/p-1. The topological polar surface area (TPSA) is 101 Å². The number of benzene rings is 2. The van der Waals surface area contributed by atoms with Crippen LogP contribution < -0.4 is 0 Å². The molecule has 3 aromatic rings. The maximum absolute atomic E-state index is 10.7. The van der Waals surface area contributed by atoms with Crippen molar-refractivity contribution in [2.24, 2.45) is 0 Å². The lowest BCUT2D eigenvalue weighted by Gasteiger charge is -2.08. The van der Waals surface area contributed by atoms with Gasteiger partial charge in [-0.3, -0.25) is 0 Å². The zero-order valence-electron chi connectivity index (χ0n) is 11.2. The molecule has 3 rings (SSSR count). The van der Waals surface area contributed by atoms with Crippen LogP contribution in [0.3, 0.4) is 0 Å². The molecule has 0 radical (unpaired) electrons. The summed E-state index contributed by atoms with van der Waals surface area (Å²) in [4.78, 5) is 6.45. The lowest BCUT2D eigenvalue weighted by atomic mass is 10.1. The molecule has 1 aromatic heterocycles. The summed E-state index contributed by atoms with van der Waals surface area (Å²) in [6.45, 7) is 0. The van der Waals surface area contributed by atoms with E-state index in [-0.39, 0.29) is 0 Å². The molecule has 0 fully saturated rings. The molecule has 0 bridgehead atoms. The summed E-state index contributed by atoms with van der Waals surface area (Å²) in [5.74, 6) is 0. The zero-order chi connectivity index (χ0) is 17.3. The highest BCUT2D eigenvalue weighted by Gasteiger charge is 2.36. The summed E-state index contributed by atoms with van der Waals surface area (Å²) in [5.41, 5.74) is -2.99. The Kier molecular flexibility index (Phi) is 4.26. The van der Waals surface area contributed by atoms with E-state index in [1.54, 1.807) is 6.07 Å². The Morgan fingerprint density at radius 3 is 2.17 bits per heavy atom. The van der Waals surface area contributed by atoms with Gasteiger partial charge in [-0.15, -0.1) is 0 Å². The van der Waals surface area contributed by atoms with Crippen molar-refractivity contribution < 1.29 is 26.1 Å². The number of diazo groups is 1. The molecule has 0 amide bonds. The number of para-hydroxylation sites is 1. The first-order valence-electron chi connectivity index (χ1n) is 6.01. The second kappa shape index (κ2) is 5.86. The molecule has 0 aliphatic heterocycles. The van der Waals surface area contributed by atoms with E-state index in [2.05, 4.69) is 16.0 Å². The summed E-state index contributed by atoms with van der Waals surface area (Å²) < 4.78 is 58.9. The number of fused-ring (bicyclic) bond motifs is 3. The van der Waals surface area contributed by atoms with Gasteiger partial charge in [-0.1, -0.05) is 18.2 Å². The van der Waals surface area contributed by atoms with Crippen LogP contribution in [0.15, 0.2) is 42.5 Å². The lowest BCUT2D eigenvalue weighted by molar-refractivity contribution is -0.0517. The van der Waals surface area contributed by atoms with E-state index < -0.39 is 15.6 Å². The fourth-order valence-electron chi connectivity index (χ4n) is 1.90. The minimum absolute atomic E-state index is 0.564. The predicted molar refractivity (Wildman–Crippen MR) is 76.3 cm³/mol. The number of hydrogen-bond donors (Lipinski definition) is 1. The van der Waals surface area contributed by atoms with Gasteiger partial charge in [-0.25, -0.2) is 8.42 Å². The van der Waals surface area contributed by atoms with Crippen LogP contribution in [-0.2, 0) is 10.1 Å². The smallest absolute Gasteiger partial charge is 0.485 e. The van der Waals surface area contributed by atoms with Gasteiger partial charge < -0.3 is 9.54 Å². The first kappa shape index (κ1) is 16.7. The number of H-pyrrole nitrogens is 1. The highest BCUT2D eigenvalue weighted by molar-refractivity contribution is 7.86. The first-order valence-corrected chi connectivity index (χ1v) is 7.42. The predicted octanol–water partition coefficient (Wildman–Crippen LogP) is 3.86. The van der Waals surface area contributed by atoms with Gasteiger partial charge in [0.05, 0.1) is 11.6 Å². The van der Waals surface area contributed by atoms with Crippen molar-refractivity contribution in [1.29, 1.82) is 5.39 Å². The van der Waals surface area contributed by atoms with Crippen LogP contribution >= 0.6 is 0 Å². The SMILES string of the molecule is N#[N+]c1ccc2c(c1)[nH]c1ccccc12.O=S(=O)([O-])C(F)(F)F. The van der Waals surface area contributed by atoms with Gasteiger partial charge in [0, 0.05) is 22.4 Å². The van der Waals surface area contributed by atoms with Gasteiger partial charge in [0.2, 0.25) is 5.39 Å². The van der Waals surface area contributed by atoms with Gasteiger partial charge in [-0.2, -0.15) is 13.2 Å². The molecule has 0 aliphatic rings. The minimum atomic E-state index is -6.09. The largest absolute Gasteiger partial charge is 0.741 e. The average Bonchev–Trinajstić information content (AvgIpc) is 2.83. The molecule has 1 heterocycles. The van der Waals surface area contributed by atoms with E-state index in [0.29, 0.717) is 5.69 Å². The maximum Gasteiger partial charge on any atom is 0.485 e. The van der Waals surface area contributed by atoms with E-state index in [4.69, 9.17) is 18.4 Å². The molecule has 2 aromatic carbocycles. The van der Waals surface area contributed by atoms with Crippen molar-refractivity contribution >= 4 is 37.6 Å². The minimum Gasteiger partial charge on any atom is -0.741 e. The van der Waals surface area contributed by atoms with E-state index in [0.717, 1.165) is 16.4 Å². The molecule has 23 heavy (non-hydrogen) atoms. The Hall–Kier alpha value is -2.64. The van der Waals surface area contributed by atoms with Crippen LogP contribution in [-0.4, -0.2) is 23.5 Å². The molecule has 0 saturated carbocycles. The van der Waals surface area contributed by atoms with Gasteiger partial charge in [0.15, 0.2) is 15.1 Å². The number of aromatic amines is 1. The molecule has 120 valence electrons. The van der Waals surface area contributed by atoms with Crippen LogP contribution in [0.5, 0.6) is 0 Å². The highest BCUT2D eigenvalue weighted by Crippen LogP contribution is 2.28. The second-order valence-electron chi connectivity index (χ2n) is 4.40. The lowest BCUT2D eigenvalue weighted by Crippen LogP contribution is -2.21. The zero-order valence-corrected chi connectivity index (χ0v) is 12.0. The summed E-state index contributed by atoms with van der Waals surface area (Å²) in [7, 11) is -6.09. The molecule has 0 spiro atoms. The molecule has 0 saturated heterocycles. The average molecular weight is 343 g/mol. The first-order chi connectivity index (χ1) is 10.6. The number of hydrogen-bond acceptors (Lipinski definition) is 4. The Morgan fingerprint density at radius 2 is 1.61 bits per heavy atom. The molecular weight excluding hydrogens is 335 g/mol. The fraction of sp³-hybridized carbons (Fsp3) is 0.0769. The van der Waals surface area contributed by atoms with Crippen molar-refractivity contribution in [1.82, 2.24) is 4.98 Å². The molecule has 0 atom stereocenters. The van der Waals surface area contributed by atoms with Gasteiger partial charge in [0.1, 0.15) is 0 Å². The number of halogens is 3. The molecule has 6 nitrogen and oxygen atoms in total. The number of nitrogens with one attached hydrogen (secondary N) is 1. The third-order valence-corrected chi connectivity index (χ3v) is 3.46. The summed E-state index contributed by atoms with van der Waals surface area (Å²) in [5, 5.41) is 11.0. The number of aromatic nitrogens is 1. The third kappa shape index (κ3) is 3.58. The molecular formula is C13H8F3N3O3S. The van der Waals surface area contributed by atoms with E-state index >= 15 is 0 Å². The second-order valence-corrected chi connectivity index (χ2v) is 5.77. The van der Waals surface area contributed by atoms with Gasteiger partial charge >= 0.3 is 11.2 Å². The molecule has 10 heteroatoms. The maximum atomic E-state index is 10.7. The molecule has 0 unspecified atom stereocenters. The number of rotatable bonds is 0. The highest BCUT2D eigenvalue weighted by atomic mass is 32.2. The Labute approximate surface area is 127 Å². The van der Waals surface area contributed by atoms with Crippen LogP contribution in [0, 0.1) is 5.39 Å². The molecule has 0 aliphatic carbocycles. The Bertz CT molecular complexity index is 1000. The van der Waals surface area contributed by atoms with Crippen LogP contribution in [0.1, 0.15) is 0 Å². The normalized spacial score (nSPS) is 11.8. The van der Waals surface area contributed by atoms with Crippen molar-refractivity contribution in [2.75, 3.05) is 0 Å². The van der Waals surface area contributed by atoms with Crippen LogP contribution in [0.25, 0.3) is 26.8 Å². The van der Waals surface area contributed by atoms with E-state index in [1.807, 2.05) is 30.3 Å². The molecule has 1 N–H and O–H groups in total. The fourth-order valence-corrected chi connectivity index (χ4v) is 1.90. The van der Waals surface area contributed by atoms with Gasteiger partial charge in [-0.05, 0) is 12.1 Å². The van der Waals surface area contributed by atoms with Crippen molar-refractivity contribution in [3.63, 3.8) is 0 Å². The Morgan fingerprint density at radius 1 is 1.04 bits per heavy atom. The van der Waals surface area contributed by atoms with Crippen LogP contribution in [0.4, 0.5) is 18.9 Å². The summed E-state index contributed by atoms with van der Waals surface area (Å²) in [6, 6.07) is 13.7.